The first-order valence-corrected chi connectivity index (χ1v) is 4.65. The molecule has 0 aromatic heterocycles. The smallest absolute Gasteiger partial charge is 0.294 e. The van der Waals surface area contributed by atoms with Crippen LogP contribution in [0.4, 0.5) is 22.0 Å². The van der Waals surface area contributed by atoms with E-state index >= 15 is 0 Å². The average Bonchev–Trinajstić information content (AvgIpc) is 2.14. The molecular weight excluding hydrogens is 243 g/mol. The van der Waals surface area contributed by atoms with Crippen molar-refractivity contribution in [1.29, 1.82) is 0 Å². The van der Waals surface area contributed by atoms with Gasteiger partial charge in [0.2, 0.25) is 0 Å². The van der Waals surface area contributed by atoms with Crippen LogP contribution in [0, 0.1) is 6.92 Å². The van der Waals surface area contributed by atoms with Crippen molar-refractivity contribution < 1.29 is 26.7 Å². The van der Waals surface area contributed by atoms with E-state index in [9.17, 15) is 26.7 Å². The maximum Gasteiger partial charge on any atom is 0.416 e. The van der Waals surface area contributed by atoms with E-state index in [4.69, 9.17) is 0 Å². The quantitative estimate of drug-likeness (QED) is 0.570. The van der Waals surface area contributed by atoms with Crippen molar-refractivity contribution in [2.45, 2.75) is 26.4 Å². The second-order valence-corrected chi connectivity index (χ2v) is 3.63. The fourth-order valence-electron chi connectivity index (χ4n) is 1.56. The third kappa shape index (κ3) is 2.81. The number of hydrogen-bond acceptors (Lipinski definition) is 1. The first kappa shape index (κ1) is 13.6. The molecule has 0 aliphatic heterocycles. The zero-order valence-electron chi connectivity index (χ0n) is 9.03. The zero-order chi connectivity index (χ0) is 13.4. The highest BCUT2D eigenvalue weighted by molar-refractivity contribution is 5.96. The third-order valence-corrected chi connectivity index (χ3v) is 2.23. The molecule has 0 radical (unpaired) electrons. The van der Waals surface area contributed by atoms with Gasteiger partial charge < -0.3 is 0 Å². The lowest BCUT2D eigenvalue weighted by atomic mass is 9.95. The number of aryl methyl sites for hydroxylation is 1. The monoisotopic (exact) mass is 252 g/mol. The maximum atomic E-state index is 12.7. The van der Waals surface area contributed by atoms with Crippen LogP contribution in [0.15, 0.2) is 12.1 Å². The second-order valence-electron chi connectivity index (χ2n) is 3.63. The van der Waals surface area contributed by atoms with Crippen molar-refractivity contribution >= 4 is 5.78 Å². The SMILES string of the molecule is CC(=O)c1cc(C)cc(C(F)(F)F)c1C(F)F. The van der Waals surface area contributed by atoms with Crippen LogP contribution in [-0.4, -0.2) is 5.78 Å². The molecule has 0 bridgehead atoms. The number of hydrogen-bond donors (Lipinski definition) is 0. The minimum absolute atomic E-state index is 0.118. The van der Waals surface area contributed by atoms with Gasteiger partial charge in [0.25, 0.3) is 6.43 Å². The molecule has 0 unspecified atom stereocenters. The van der Waals surface area contributed by atoms with Crippen LogP contribution >= 0.6 is 0 Å². The van der Waals surface area contributed by atoms with Crippen molar-refractivity contribution in [3.63, 3.8) is 0 Å². The standard InChI is InChI=1S/C11H9F5O/c1-5-3-7(6(2)17)9(10(12)13)8(4-5)11(14,15)16/h3-4,10H,1-2H3. The summed E-state index contributed by atoms with van der Waals surface area (Å²) in [6.07, 6.45) is -8.24. The van der Waals surface area contributed by atoms with Crippen LogP contribution < -0.4 is 0 Å². The molecule has 0 atom stereocenters. The number of benzene rings is 1. The number of alkyl halides is 5. The molecule has 0 N–H and O–H groups in total. The molecule has 0 aliphatic rings. The molecule has 1 aromatic carbocycles. The highest BCUT2D eigenvalue weighted by Gasteiger charge is 2.37. The molecule has 17 heavy (non-hydrogen) atoms. The molecule has 1 rings (SSSR count). The zero-order valence-corrected chi connectivity index (χ0v) is 9.03. The molecule has 0 saturated heterocycles. The number of carbonyl (C=O) groups excluding carboxylic acids is 1. The summed E-state index contributed by atoms with van der Waals surface area (Å²) in [7, 11) is 0. The molecule has 94 valence electrons. The van der Waals surface area contributed by atoms with Crippen molar-refractivity contribution in [1.82, 2.24) is 0 Å². The Kier molecular flexibility index (Phi) is 3.54. The predicted octanol–water partition coefficient (Wildman–Crippen LogP) is 4.15. The number of Topliss-reactive ketones (excluding diaryl/α,β-unsaturated/α-hetero) is 1. The van der Waals surface area contributed by atoms with Gasteiger partial charge in [-0.2, -0.15) is 13.2 Å². The summed E-state index contributed by atoms with van der Waals surface area (Å²) in [5.74, 6) is -0.811. The van der Waals surface area contributed by atoms with E-state index in [0.29, 0.717) is 6.07 Å². The first-order chi connectivity index (χ1) is 7.64. The first-order valence-electron chi connectivity index (χ1n) is 4.65. The van der Waals surface area contributed by atoms with Gasteiger partial charge in [0.1, 0.15) is 0 Å². The normalized spacial score (nSPS) is 12.0. The minimum Gasteiger partial charge on any atom is -0.294 e. The Morgan fingerprint density at radius 1 is 1.24 bits per heavy atom. The molecule has 0 amide bonds. The largest absolute Gasteiger partial charge is 0.416 e. The van der Waals surface area contributed by atoms with Crippen LogP contribution in [-0.2, 0) is 6.18 Å². The van der Waals surface area contributed by atoms with Crippen molar-refractivity contribution in [2.75, 3.05) is 0 Å². The number of rotatable bonds is 2. The second kappa shape index (κ2) is 4.43. The molecule has 1 aromatic rings. The Hall–Kier alpha value is -1.46. The van der Waals surface area contributed by atoms with Crippen LogP contribution in [0.2, 0.25) is 0 Å². The summed E-state index contributed by atoms with van der Waals surface area (Å²) in [5, 5.41) is 0. The van der Waals surface area contributed by atoms with Gasteiger partial charge in [-0.1, -0.05) is 0 Å². The van der Waals surface area contributed by atoms with Gasteiger partial charge in [-0.15, -0.1) is 0 Å². The molecular formula is C11H9F5O. The Morgan fingerprint density at radius 2 is 1.76 bits per heavy atom. The van der Waals surface area contributed by atoms with E-state index < -0.39 is 35.1 Å². The highest BCUT2D eigenvalue weighted by Crippen LogP contribution is 2.38. The van der Waals surface area contributed by atoms with Gasteiger partial charge in [0.05, 0.1) is 5.56 Å². The minimum atomic E-state index is -4.90. The molecule has 6 heteroatoms. The van der Waals surface area contributed by atoms with Gasteiger partial charge in [0, 0.05) is 11.1 Å². The highest BCUT2D eigenvalue weighted by atomic mass is 19.4. The van der Waals surface area contributed by atoms with Gasteiger partial charge in [-0.25, -0.2) is 8.78 Å². The van der Waals surface area contributed by atoms with E-state index in [0.717, 1.165) is 13.0 Å². The topological polar surface area (TPSA) is 17.1 Å². The summed E-state index contributed by atoms with van der Waals surface area (Å²) in [6.45, 7) is 2.28. The molecule has 0 spiro atoms. The summed E-state index contributed by atoms with van der Waals surface area (Å²) in [6, 6.07) is 1.66. The summed E-state index contributed by atoms with van der Waals surface area (Å²) in [4.78, 5) is 11.1. The van der Waals surface area contributed by atoms with Crippen LogP contribution in [0.1, 0.15) is 40.4 Å². The van der Waals surface area contributed by atoms with Crippen molar-refractivity contribution in [3.8, 4) is 0 Å². The summed E-state index contributed by atoms with van der Waals surface area (Å²) in [5.41, 5.74) is -3.15. The van der Waals surface area contributed by atoms with Gasteiger partial charge in [0.15, 0.2) is 5.78 Å². The fraction of sp³-hybridized carbons (Fsp3) is 0.364. The number of ketones is 1. The van der Waals surface area contributed by atoms with Crippen LogP contribution in [0.5, 0.6) is 0 Å². The molecule has 0 heterocycles. The molecule has 0 fully saturated rings. The lowest BCUT2D eigenvalue weighted by Crippen LogP contribution is -2.14. The van der Waals surface area contributed by atoms with Gasteiger partial charge in [-0.05, 0) is 31.5 Å². The van der Waals surface area contributed by atoms with E-state index in [1.54, 1.807) is 0 Å². The maximum absolute atomic E-state index is 12.7. The van der Waals surface area contributed by atoms with Crippen LogP contribution in [0.3, 0.4) is 0 Å². The van der Waals surface area contributed by atoms with E-state index in [1.807, 2.05) is 0 Å². The average molecular weight is 252 g/mol. The van der Waals surface area contributed by atoms with E-state index in [2.05, 4.69) is 0 Å². The van der Waals surface area contributed by atoms with Crippen LogP contribution in [0.25, 0.3) is 0 Å². The third-order valence-electron chi connectivity index (χ3n) is 2.23. The Morgan fingerprint density at radius 3 is 2.12 bits per heavy atom. The fourth-order valence-corrected chi connectivity index (χ4v) is 1.56. The Bertz CT molecular complexity index is 448. The predicted molar refractivity (Wildman–Crippen MR) is 51.1 cm³/mol. The van der Waals surface area contributed by atoms with E-state index in [1.165, 1.54) is 6.92 Å². The molecule has 0 saturated carbocycles. The van der Waals surface area contributed by atoms with Gasteiger partial charge >= 0.3 is 6.18 Å². The number of carbonyl (C=O) groups is 1. The Balaban J connectivity index is 3.64. The van der Waals surface area contributed by atoms with E-state index in [-0.39, 0.29) is 5.56 Å². The van der Waals surface area contributed by atoms with Gasteiger partial charge in [-0.3, -0.25) is 4.79 Å². The Labute approximate surface area is 94.2 Å². The molecule has 0 aliphatic carbocycles. The lowest BCUT2D eigenvalue weighted by molar-refractivity contribution is -0.139. The molecule has 1 nitrogen and oxygen atoms in total. The lowest BCUT2D eigenvalue weighted by Gasteiger charge is -2.16. The van der Waals surface area contributed by atoms with Crippen molar-refractivity contribution in [3.05, 3.63) is 34.4 Å². The summed E-state index contributed by atoms with van der Waals surface area (Å²) >= 11 is 0. The van der Waals surface area contributed by atoms with Crippen molar-refractivity contribution in [2.24, 2.45) is 0 Å². The summed E-state index contributed by atoms with van der Waals surface area (Å²) < 4.78 is 63.1. The number of halogens is 5.